The second-order valence-electron chi connectivity index (χ2n) is 4.97. The summed E-state index contributed by atoms with van der Waals surface area (Å²) in [6.45, 7) is 1.87. The molecule has 0 amide bonds. The van der Waals surface area contributed by atoms with Crippen LogP contribution >= 0.6 is 0 Å². The summed E-state index contributed by atoms with van der Waals surface area (Å²) in [4.78, 5) is 14.2. The SMILES string of the molecule is Cc1c(O)cccc1-c1nc2nc(N(C)C)ccc2[nH]1. The lowest BCUT2D eigenvalue weighted by Crippen LogP contribution is -2.10. The van der Waals surface area contributed by atoms with E-state index in [0.29, 0.717) is 5.65 Å². The van der Waals surface area contributed by atoms with Crippen LogP contribution < -0.4 is 4.90 Å². The van der Waals surface area contributed by atoms with Gasteiger partial charge in [0.05, 0.1) is 5.52 Å². The highest BCUT2D eigenvalue weighted by molar-refractivity contribution is 5.78. The van der Waals surface area contributed by atoms with Gasteiger partial charge in [0, 0.05) is 25.2 Å². The van der Waals surface area contributed by atoms with Crippen LogP contribution in [0.3, 0.4) is 0 Å². The molecule has 0 bridgehead atoms. The van der Waals surface area contributed by atoms with E-state index in [2.05, 4.69) is 15.0 Å². The third-order valence-corrected chi connectivity index (χ3v) is 3.35. The second kappa shape index (κ2) is 4.52. The predicted molar refractivity (Wildman–Crippen MR) is 80.1 cm³/mol. The number of phenolic OH excluding ortho intramolecular Hbond substituents is 1. The number of H-pyrrole nitrogens is 1. The van der Waals surface area contributed by atoms with Gasteiger partial charge >= 0.3 is 0 Å². The van der Waals surface area contributed by atoms with Gasteiger partial charge in [-0.3, -0.25) is 0 Å². The maximum absolute atomic E-state index is 9.79. The molecule has 0 spiro atoms. The summed E-state index contributed by atoms with van der Waals surface area (Å²) in [5, 5.41) is 9.79. The highest BCUT2D eigenvalue weighted by Crippen LogP contribution is 2.28. The number of hydrogen-bond donors (Lipinski definition) is 2. The molecule has 5 heteroatoms. The van der Waals surface area contributed by atoms with Crippen molar-refractivity contribution in [2.45, 2.75) is 6.92 Å². The van der Waals surface area contributed by atoms with Crippen molar-refractivity contribution in [1.82, 2.24) is 15.0 Å². The van der Waals surface area contributed by atoms with E-state index in [4.69, 9.17) is 0 Å². The zero-order valence-electron chi connectivity index (χ0n) is 11.7. The molecular weight excluding hydrogens is 252 g/mol. The van der Waals surface area contributed by atoms with Crippen LogP contribution in [0.15, 0.2) is 30.3 Å². The zero-order valence-corrected chi connectivity index (χ0v) is 11.7. The van der Waals surface area contributed by atoms with Gasteiger partial charge in [0.1, 0.15) is 17.4 Å². The molecule has 0 saturated heterocycles. The Labute approximate surface area is 116 Å². The first-order chi connectivity index (χ1) is 9.56. The molecule has 3 rings (SSSR count). The van der Waals surface area contributed by atoms with E-state index >= 15 is 0 Å². The molecule has 0 atom stereocenters. The highest BCUT2D eigenvalue weighted by atomic mass is 16.3. The van der Waals surface area contributed by atoms with Crippen LogP contribution in [0.4, 0.5) is 5.82 Å². The molecule has 5 nitrogen and oxygen atoms in total. The van der Waals surface area contributed by atoms with Crippen LogP contribution in [0, 0.1) is 6.92 Å². The summed E-state index contributed by atoms with van der Waals surface area (Å²) in [5.41, 5.74) is 3.25. The summed E-state index contributed by atoms with van der Waals surface area (Å²) < 4.78 is 0. The zero-order chi connectivity index (χ0) is 14.3. The van der Waals surface area contributed by atoms with Gasteiger partial charge in [-0.05, 0) is 25.1 Å². The lowest BCUT2D eigenvalue weighted by atomic mass is 10.1. The number of nitrogens with one attached hydrogen (secondary N) is 1. The Kier molecular flexibility index (Phi) is 2.82. The number of phenols is 1. The Bertz CT molecular complexity index is 777. The van der Waals surface area contributed by atoms with E-state index in [-0.39, 0.29) is 5.75 Å². The first-order valence-corrected chi connectivity index (χ1v) is 6.39. The van der Waals surface area contributed by atoms with Crippen LogP contribution in [0.25, 0.3) is 22.6 Å². The topological polar surface area (TPSA) is 65.0 Å². The van der Waals surface area contributed by atoms with Crippen molar-refractivity contribution < 1.29 is 5.11 Å². The quantitative estimate of drug-likeness (QED) is 0.750. The fourth-order valence-electron chi connectivity index (χ4n) is 2.14. The molecule has 2 aromatic heterocycles. The van der Waals surface area contributed by atoms with E-state index in [1.54, 1.807) is 6.07 Å². The lowest BCUT2D eigenvalue weighted by molar-refractivity contribution is 0.471. The van der Waals surface area contributed by atoms with Crippen LogP contribution in [0.1, 0.15) is 5.56 Å². The summed E-state index contributed by atoms with van der Waals surface area (Å²) in [6, 6.07) is 9.32. The van der Waals surface area contributed by atoms with Gasteiger partial charge in [0.2, 0.25) is 0 Å². The van der Waals surface area contributed by atoms with E-state index in [1.807, 2.05) is 50.2 Å². The number of aromatic hydroxyl groups is 1. The Hall–Kier alpha value is -2.56. The van der Waals surface area contributed by atoms with Crippen molar-refractivity contribution in [3.63, 3.8) is 0 Å². The van der Waals surface area contributed by atoms with Crippen LogP contribution in [-0.4, -0.2) is 34.2 Å². The van der Waals surface area contributed by atoms with Gasteiger partial charge in [-0.2, -0.15) is 0 Å². The Morgan fingerprint density at radius 2 is 1.90 bits per heavy atom. The number of pyridine rings is 1. The molecule has 0 unspecified atom stereocenters. The maximum Gasteiger partial charge on any atom is 0.180 e. The normalized spacial score (nSPS) is 10.9. The number of aromatic nitrogens is 3. The van der Waals surface area contributed by atoms with Gasteiger partial charge in [0.15, 0.2) is 5.65 Å². The van der Waals surface area contributed by atoms with Crippen molar-refractivity contribution >= 4 is 17.0 Å². The van der Waals surface area contributed by atoms with E-state index < -0.39 is 0 Å². The first kappa shape index (κ1) is 12.5. The molecular formula is C15H16N4O. The van der Waals surface area contributed by atoms with Gasteiger partial charge in [0.25, 0.3) is 0 Å². The molecule has 0 radical (unpaired) electrons. The number of rotatable bonds is 2. The fourth-order valence-corrected chi connectivity index (χ4v) is 2.14. The number of aromatic amines is 1. The lowest BCUT2D eigenvalue weighted by Gasteiger charge is -2.09. The number of benzene rings is 1. The van der Waals surface area contributed by atoms with Crippen molar-refractivity contribution in [3.8, 4) is 17.1 Å². The standard InChI is InChI=1S/C15H16N4O/c1-9-10(5-4-6-12(9)20)14-16-11-7-8-13(19(2)3)17-15(11)18-14/h4-8,20H,1-3H3,(H,16,17,18). The predicted octanol–water partition coefficient (Wildman–Crippen LogP) is 2.70. The largest absolute Gasteiger partial charge is 0.508 e. The average Bonchev–Trinajstić information content (AvgIpc) is 2.84. The minimum atomic E-state index is 0.268. The Balaban J connectivity index is 2.15. The number of fused-ring (bicyclic) bond motifs is 1. The Morgan fingerprint density at radius 1 is 1.10 bits per heavy atom. The molecule has 20 heavy (non-hydrogen) atoms. The van der Waals surface area contributed by atoms with Crippen LogP contribution in [-0.2, 0) is 0 Å². The third-order valence-electron chi connectivity index (χ3n) is 3.35. The summed E-state index contributed by atoms with van der Waals surface area (Å²) in [5.74, 6) is 1.85. The molecule has 1 aromatic carbocycles. The fraction of sp³-hybridized carbons (Fsp3) is 0.200. The summed E-state index contributed by atoms with van der Waals surface area (Å²) in [7, 11) is 3.89. The molecule has 0 aliphatic heterocycles. The number of nitrogens with zero attached hydrogens (tertiary/aromatic N) is 3. The molecule has 0 aliphatic carbocycles. The monoisotopic (exact) mass is 268 g/mol. The van der Waals surface area contributed by atoms with Crippen molar-refractivity contribution in [1.29, 1.82) is 0 Å². The summed E-state index contributed by atoms with van der Waals surface area (Å²) in [6.07, 6.45) is 0. The molecule has 2 N–H and O–H groups in total. The molecule has 0 aliphatic rings. The smallest absolute Gasteiger partial charge is 0.180 e. The van der Waals surface area contributed by atoms with Gasteiger partial charge in [-0.25, -0.2) is 9.97 Å². The minimum Gasteiger partial charge on any atom is -0.508 e. The third kappa shape index (κ3) is 1.97. The minimum absolute atomic E-state index is 0.268. The van der Waals surface area contributed by atoms with E-state index in [1.165, 1.54) is 0 Å². The molecule has 0 saturated carbocycles. The number of anilines is 1. The van der Waals surface area contributed by atoms with Crippen LogP contribution in [0.5, 0.6) is 5.75 Å². The van der Waals surface area contributed by atoms with Crippen molar-refractivity contribution in [2.75, 3.05) is 19.0 Å². The average molecular weight is 268 g/mol. The second-order valence-corrected chi connectivity index (χ2v) is 4.97. The van der Waals surface area contributed by atoms with Gasteiger partial charge < -0.3 is 15.0 Å². The van der Waals surface area contributed by atoms with Crippen molar-refractivity contribution in [2.24, 2.45) is 0 Å². The number of hydrogen-bond acceptors (Lipinski definition) is 4. The van der Waals surface area contributed by atoms with Gasteiger partial charge in [-0.15, -0.1) is 0 Å². The molecule has 102 valence electrons. The van der Waals surface area contributed by atoms with Crippen molar-refractivity contribution in [3.05, 3.63) is 35.9 Å². The first-order valence-electron chi connectivity index (χ1n) is 6.39. The van der Waals surface area contributed by atoms with Crippen LogP contribution in [0.2, 0.25) is 0 Å². The van der Waals surface area contributed by atoms with Gasteiger partial charge in [-0.1, -0.05) is 12.1 Å². The molecule has 0 fully saturated rings. The van der Waals surface area contributed by atoms with E-state index in [0.717, 1.165) is 28.3 Å². The molecule has 2 heterocycles. The molecule has 3 aromatic rings. The maximum atomic E-state index is 9.79. The highest BCUT2D eigenvalue weighted by Gasteiger charge is 2.11. The summed E-state index contributed by atoms with van der Waals surface area (Å²) >= 11 is 0. The number of imidazole rings is 1. The van der Waals surface area contributed by atoms with E-state index in [9.17, 15) is 5.11 Å². The Morgan fingerprint density at radius 3 is 2.65 bits per heavy atom.